The van der Waals surface area contributed by atoms with Crippen LogP contribution in [-0.4, -0.2) is 20.1 Å². The van der Waals surface area contributed by atoms with Crippen LogP contribution in [0.5, 0.6) is 0 Å². The van der Waals surface area contributed by atoms with E-state index in [9.17, 15) is 13.2 Å². The average molecular weight is 348 g/mol. The lowest BCUT2D eigenvalue weighted by Gasteiger charge is -2.17. The first-order valence-corrected chi connectivity index (χ1v) is 8.89. The molecule has 0 spiro atoms. The zero-order chi connectivity index (χ0) is 15.6. The molecule has 1 N–H and O–H groups in total. The number of carbonyl (C=O) groups is 1. The summed E-state index contributed by atoms with van der Waals surface area (Å²) in [5, 5.41) is 5.00. The Bertz CT molecular complexity index is 685. The molecular weight excluding hydrogens is 333 g/mol. The Morgan fingerprint density at radius 1 is 1.43 bits per heavy atom. The number of amides is 1. The van der Waals surface area contributed by atoms with E-state index in [0.717, 1.165) is 5.56 Å². The van der Waals surface area contributed by atoms with Crippen molar-refractivity contribution in [2.45, 2.75) is 19.4 Å². The zero-order valence-electron chi connectivity index (χ0n) is 11.3. The molecule has 7 heteroatoms. The third-order valence-electron chi connectivity index (χ3n) is 3.26. The van der Waals surface area contributed by atoms with E-state index in [1.54, 1.807) is 24.3 Å². The van der Waals surface area contributed by atoms with Gasteiger partial charge in [0.2, 0.25) is 5.91 Å². The minimum Gasteiger partial charge on any atom is -0.350 e. The van der Waals surface area contributed by atoms with Crippen molar-refractivity contribution in [1.29, 1.82) is 0 Å². The highest BCUT2D eigenvalue weighted by atomic mass is 35.5. The number of nitrogens with one attached hydrogen (secondary N) is 1. The van der Waals surface area contributed by atoms with Gasteiger partial charge in [0.05, 0.1) is 11.8 Å². The van der Waals surface area contributed by atoms with E-state index in [0.29, 0.717) is 10.0 Å². The molecule has 1 amide bonds. The Balaban J connectivity index is 1.95. The highest BCUT2D eigenvalue weighted by Gasteiger charge is 2.24. The third kappa shape index (κ3) is 4.46. The van der Waals surface area contributed by atoms with Gasteiger partial charge in [-0.2, -0.15) is 0 Å². The van der Waals surface area contributed by atoms with Crippen molar-refractivity contribution < 1.29 is 13.2 Å². The Morgan fingerprint density at radius 3 is 2.71 bits per heavy atom. The molecule has 2 unspecified atom stereocenters. The van der Waals surface area contributed by atoms with Crippen molar-refractivity contribution >= 4 is 38.9 Å². The lowest BCUT2D eigenvalue weighted by molar-refractivity contribution is -0.122. The maximum Gasteiger partial charge on any atom is 0.221 e. The van der Waals surface area contributed by atoms with Gasteiger partial charge in [0, 0.05) is 27.8 Å². The molecule has 2 rings (SSSR count). The van der Waals surface area contributed by atoms with Crippen LogP contribution in [0.1, 0.15) is 24.9 Å². The molecule has 114 valence electrons. The van der Waals surface area contributed by atoms with Crippen LogP contribution in [0.3, 0.4) is 0 Å². The van der Waals surface area contributed by atoms with Gasteiger partial charge in [-0.1, -0.05) is 35.3 Å². The van der Waals surface area contributed by atoms with E-state index in [1.165, 1.54) is 5.41 Å². The molecule has 1 aliphatic heterocycles. The Morgan fingerprint density at radius 2 is 2.14 bits per heavy atom. The Hall–Kier alpha value is -1.04. The van der Waals surface area contributed by atoms with E-state index in [-0.39, 0.29) is 30.0 Å². The first-order chi connectivity index (χ1) is 9.77. The van der Waals surface area contributed by atoms with Gasteiger partial charge >= 0.3 is 0 Å². The van der Waals surface area contributed by atoms with Crippen molar-refractivity contribution in [3.63, 3.8) is 0 Å². The lowest BCUT2D eigenvalue weighted by atomic mass is 10.1. The molecule has 0 saturated heterocycles. The summed E-state index contributed by atoms with van der Waals surface area (Å²) in [6.45, 7) is 1.81. The maximum absolute atomic E-state index is 12.0. The molecule has 1 aromatic carbocycles. The van der Waals surface area contributed by atoms with Crippen molar-refractivity contribution in [3.05, 3.63) is 45.3 Å². The van der Waals surface area contributed by atoms with Crippen LogP contribution in [0, 0.1) is 5.92 Å². The molecule has 0 fully saturated rings. The second kappa shape index (κ2) is 6.38. The molecular formula is C14H15Cl2NO3S. The molecule has 2 atom stereocenters. The summed E-state index contributed by atoms with van der Waals surface area (Å²) < 4.78 is 22.6. The third-order valence-corrected chi connectivity index (χ3v) is 5.29. The summed E-state index contributed by atoms with van der Waals surface area (Å²) >= 11 is 11.9. The predicted octanol–water partition coefficient (Wildman–Crippen LogP) is 3.12. The summed E-state index contributed by atoms with van der Waals surface area (Å²) in [7, 11) is -3.13. The SMILES string of the molecule is CC(NC(=O)CC1C=CS(=O)(=O)C1)c1ccc(Cl)cc1Cl. The molecule has 21 heavy (non-hydrogen) atoms. The summed E-state index contributed by atoms with van der Waals surface area (Å²) in [6, 6.07) is 4.81. The van der Waals surface area contributed by atoms with E-state index in [4.69, 9.17) is 23.2 Å². The zero-order valence-corrected chi connectivity index (χ0v) is 13.7. The highest BCUT2D eigenvalue weighted by molar-refractivity contribution is 7.94. The number of hydrogen-bond acceptors (Lipinski definition) is 3. The minimum absolute atomic E-state index is 0.00347. The quantitative estimate of drug-likeness (QED) is 0.909. The number of benzene rings is 1. The van der Waals surface area contributed by atoms with Crippen molar-refractivity contribution in [2.24, 2.45) is 5.92 Å². The molecule has 0 radical (unpaired) electrons. The normalized spacial score (nSPS) is 21.2. The van der Waals surface area contributed by atoms with Crippen molar-refractivity contribution in [3.8, 4) is 0 Å². The molecule has 4 nitrogen and oxygen atoms in total. The van der Waals surface area contributed by atoms with Gasteiger partial charge in [-0.15, -0.1) is 0 Å². The maximum atomic E-state index is 12.0. The van der Waals surface area contributed by atoms with Crippen LogP contribution >= 0.6 is 23.2 Å². The first-order valence-electron chi connectivity index (χ1n) is 6.42. The number of rotatable bonds is 4. The van der Waals surface area contributed by atoms with Crippen LogP contribution in [-0.2, 0) is 14.6 Å². The highest BCUT2D eigenvalue weighted by Crippen LogP contribution is 2.26. The van der Waals surface area contributed by atoms with Gasteiger partial charge in [0.25, 0.3) is 0 Å². The standard InChI is InChI=1S/C14H15Cl2NO3S/c1-9(12-3-2-11(15)7-13(12)16)17-14(18)6-10-4-5-21(19,20)8-10/h2-5,7,9-10H,6,8H2,1H3,(H,17,18). The fraction of sp³-hybridized carbons (Fsp3) is 0.357. The fourth-order valence-corrected chi connectivity index (χ4v) is 4.21. The largest absolute Gasteiger partial charge is 0.350 e. The summed E-state index contributed by atoms with van der Waals surface area (Å²) in [5.74, 6) is -0.473. The van der Waals surface area contributed by atoms with Gasteiger partial charge in [-0.05, 0) is 24.6 Å². The van der Waals surface area contributed by atoms with Crippen molar-refractivity contribution in [2.75, 3.05) is 5.75 Å². The molecule has 0 saturated carbocycles. The van der Waals surface area contributed by atoms with E-state index < -0.39 is 9.84 Å². The van der Waals surface area contributed by atoms with Crippen LogP contribution < -0.4 is 5.32 Å². The van der Waals surface area contributed by atoms with E-state index in [2.05, 4.69) is 5.32 Å². The summed E-state index contributed by atoms with van der Waals surface area (Å²) in [6.07, 6.45) is 1.71. The molecule has 1 aliphatic rings. The first kappa shape index (κ1) is 16.3. The predicted molar refractivity (Wildman–Crippen MR) is 84.1 cm³/mol. The van der Waals surface area contributed by atoms with Gasteiger partial charge in [-0.3, -0.25) is 4.79 Å². The number of allylic oxidation sites excluding steroid dienone is 1. The number of sulfone groups is 1. The van der Waals surface area contributed by atoms with Crippen LogP contribution in [0.4, 0.5) is 0 Å². The molecule has 0 aliphatic carbocycles. The monoisotopic (exact) mass is 347 g/mol. The molecule has 0 bridgehead atoms. The summed E-state index contributed by atoms with van der Waals surface area (Å²) in [4.78, 5) is 12.0. The average Bonchev–Trinajstić information content (AvgIpc) is 2.67. The van der Waals surface area contributed by atoms with Crippen LogP contribution in [0.15, 0.2) is 29.7 Å². The number of carbonyl (C=O) groups excluding carboxylic acids is 1. The Kier molecular flexibility index (Phi) is 4.96. The molecule has 1 heterocycles. The minimum atomic E-state index is -3.13. The van der Waals surface area contributed by atoms with Crippen LogP contribution in [0.25, 0.3) is 0 Å². The van der Waals surface area contributed by atoms with Crippen molar-refractivity contribution in [1.82, 2.24) is 5.32 Å². The number of halogens is 2. The number of hydrogen-bond donors (Lipinski definition) is 1. The van der Waals surface area contributed by atoms with E-state index >= 15 is 0 Å². The molecule has 1 aromatic rings. The second-order valence-corrected chi connectivity index (χ2v) is 7.85. The topological polar surface area (TPSA) is 63.2 Å². The fourth-order valence-electron chi connectivity index (χ4n) is 2.24. The van der Waals surface area contributed by atoms with Gasteiger partial charge in [0.15, 0.2) is 9.84 Å². The van der Waals surface area contributed by atoms with Crippen LogP contribution in [0.2, 0.25) is 10.0 Å². The van der Waals surface area contributed by atoms with Gasteiger partial charge in [-0.25, -0.2) is 8.42 Å². The second-order valence-electron chi connectivity index (χ2n) is 5.08. The van der Waals surface area contributed by atoms with E-state index in [1.807, 2.05) is 6.92 Å². The smallest absolute Gasteiger partial charge is 0.221 e. The lowest BCUT2D eigenvalue weighted by Crippen LogP contribution is -2.28. The Labute approximate surface area is 134 Å². The summed E-state index contributed by atoms with van der Waals surface area (Å²) in [5.41, 5.74) is 0.768. The molecule has 0 aromatic heterocycles. The van der Waals surface area contributed by atoms with Gasteiger partial charge in [0.1, 0.15) is 0 Å². The van der Waals surface area contributed by atoms with Gasteiger partial charge < -0.3 is 5.32 Å².